The van der Waals surface area contributed by atoms with Crippen LogP contribution in [0, 0.1) is 0 Å². The van der Waals surface area contributed by atoms with Crippen molar-refractivity contribution in [3.8, 4) is 5.75 Å². The zero-order valence-corrected chi connectivity index (χ0v) is 14.9. The van der Waals surface area contributed by atoms with Gasteiger partial charge in [-0.2, -0.15) is 0 Å². The predicted molar refractivity (Wildman–Crippen MR) is 102 cm³/mol. The van der Waals surface area contributed by atoms with E-state index in [2.05, 4.69) is 10.9 Å². The van der Waals surface area contributed by atoms with Gasteiger partial charge in [-0.1, -0.05) is 54.6 Å². The van der Waals surface area contributed by atoms with E-state index in [4.69, 9.17) is 9.47 Å². The Labute approximate surface area is 161 Å². The maximum atomic E-state index is 11.8. The Hall–Kier alpha value is -3.87. The number of fused-ring (bicyclic) bond motifs is 1. The van der Waals surface area contributed by atoms with Crippen molar-refractivity contribution in [2.45, 2.75) is 0 Å². The van der Waals surface area contributed by atoms with Crippen LogP contribution in [0.5, 0.6) is 5.75 Å². The van der Waals surface area contributed by atoms with Gasteiger partial charge in [0, 0.05) is 10.9 Å². The van der Waals surface area contributed by atoms with Crippen LogP contribution in [-0.4, -0.2) is 31.0 Å². The lowest BCUT2D eigenvalue weighted by molar-refractivity contribution is -0.150. The molecule has 7 heteroatoms. The smallest absolute Gasteiger partial charge is 0.344 e. The van der Waals surface area contributed by atoms with E-state index in [-0.39, 0.29) is 6.61 Å². The van der Waals surface area contributed by atoms with Crippen molar-refractivity contribution in [1.82, 2.24) is 10.9 Å². The zero-order valence-electron chi connectivity index (χ0n) is 14.9. The Morgan fingerprint density at radius 2 is 1.46 bits per heavy atom. The van der Waals surface area contributed by atoms with Crippen molar-refractivity contribution in [2.24, 2.45) is 0 Å². The summed E-state index contributed by atoms with van der Waals surface area (Å²) in [5, 5.41) is 1.86. The van der Waals surface area contributed by atoms with Crippen LogP contribution in [0.4, 0.5) is 0 Å². The molecule has 0 saturated heterocycles. The van der Waals surface area contributed by atoms with Gasteiger partial charge >= 0.3 is 5.97 Å². The number of carbonyl (C=O) groups is 3. The number of carbonyl (C=O) groups excluding carboxylic acids is 3. The lowest BCUT2D eigenvalue weighted by Gasteiger charge is -2.10. The van der Waals surface area contributed by atoms with Gasteiger partial charge in [-0.15, -0.1) is 0 Å². The molecule has 2 amide bonds. The van der Waals surface area contributed by atoms with Crippen LogP contribution < -0.4 is 15.6 Å². The number of hydrogen-bond donors (Lipinski definition) is 2. The SMILES string of the molecule is O=C(COC(=O)COc1cccc2ccccc12)NNC(=O)c1ccccc1. The average molecular weight is 378 g/mol. The van der Waals surface area contributed by atoms with Crippen LogP contribution in [0.1, 0.15) is 10.4 Å². The minimum absolute atomic E-state index is 0.336. The molecule has 3 aromatic rings. The highest BCUT2D eigenvalue weighted by atomic mass is 16.6. The monoisotopic (exact) mass is 378 g/mol. The number of hydrogen-bond acceptors (Lipinski definition) is 5. The maximum Gasteiger partial charge on any atom is 0.344 e. The highest BCUT2D eigenvalue weighted by Gasteiger charge is 2.11. The van der Waals surface area contributed by atoms with Gasteiger partial charge in [0.2, 0.25) is 0 Å². The van der Waals surface area contributed by atoms with Gasteiger partial charge in [0.1, 0.15) is 5.75 Å². The third-order valence-electron chi connectivity index (χ3n) is 3.81. The normalized spacial score (nSPS) is 10.1. The van der Waals surface area contributed by atoms with Crippen molar-refractivity contribution < 1.29 is 23.9 Å². The van der Waals surface area contributed by atoms with Crippen LogP contribution in [-0.2, 0) is 14.3 Å². The first kappa shape index (κ1) is 18.9. The Kier molecular flexibility index (Phi) is 6.20. The number of ether oxygens (including phenoxy) is 2. The molecule has 0 aliphatic carbocycles. The molecular formula is C21H18N2O5. The van der Waals surface area contributed by atoms with Crippen molar-refractivity contribution >= 4 is 28.6 Å². The number of nitrogens with one attached hydrogen (secondary N) is 2. The van der Waals surface area contributed by atoms with Gasteiger partial charge in [-0.25, -0.2) is 4.79 Å². The van der Waals surface area contributed by atoms with E-state index in [1.165, 1.54) is 0 Å². The Morgan fingerprint density at radius 1 is 0.750 bits per heavy atom. The fourth-order valence-electron chi connectivity index (χ4n) is 2.47. The summed E-state index contributed by atoms with van der Waals surface area (Å²) in [5.74, 6) is -1.28. The minimum atomic E-state index is -0.697. The zero-order chi connectivity index (χ0) is 19.8. The number of esters is 1. The van der Waals surface area contributed by atoms with Crippen LogP contribution in [0.2, 0.25) is 0 Å². The Bertz CT molecular complexity index is 983. The van der Waals surface area contributed by atoms with E-state index < -0.39 is 24.4 Å². The summed E-state index contributed by atoms with van der Waals surface area (Å²) in [7, 11) is 0. The average Bonchev–Trinajstić information content (AvgIpc) is 2.75. The summed E-state index contributed by atoms with van der Waals surface area (Å²) >= 11 is 0. The number of rotatable bonds is 6. The molecule has 0 aromatic heterocycles. The molecule has 0 radical (unpaired) electrons. The fourth-order valence-corrected chi connectivity index (χ4v) is 2.47. The second-order valence-corrected chi connectivity index (χ2v) is 5.79. The topological polar surface area (TPSA) is 93.7 Å². The summed E-state index contributed by atoms with van der Waals surface area (Å²) in [6.07, 6.45) is 0. The van der Waals surface area contributed by atoms with Crippen molar-refractivity contribution in [1.29, 1.82) is 0 Å². The molecule has 0 bridgehead atoms. The fraction of sp³-hybridized carbons (Fsp3) is 0.0952. The van der Waals surface area contributed by atoms with Crippen LogP contribution >= 0.6 is 0 Å². The Morgan fingerprint density at radius 3 is 2.29 bits per heavy atom. The van der Waals surface area contributed by atoms with E-state index in [0.29, 0.717) is 11.3 Å². The molecule has 0 spiro atoms. The Balaban J connectivity index is 1.41. The van der Waals surface area contributed by atoms with E-state index in [1.807, 2.05) is 36.4 Å². The van der Waals surface area contributed by atoms with Gasteiger partial charge in [0.15, 0.2) is 13.2 Å². The number of benzene rings is 3. The molecule has 0 heterocycles. The summed E-state index contributed by atoms with van der Waals surface area (Å²) < 4.78 is 10.3. The second-order valence-electron chi connectivity index (χ2n) is 5.79. The van der Waals surface area contributed by atoms with Crippen molar-refractivity contribution in [3.05, 3.63) is 78.4 Å². The summed E-state index contributed by atoms with van der Waals surface area (Å²) in [4.78, 5) is 35.3. The molecule has 0 unspecified atom stereocenters. The van der Waals surface area contributed by atoms with Gasteiger partial charge in [0.25, 0.3) is 11.8 Å². The molecule has 0 saturated carbocycles. The van der Waals surface area contributed by atoms with Gasteiger partial charge in [-0.05, 0) is 23.6 Å². The first-order chi connectivity index (χ1) is 13.6. The molecular weight excluding hydrogens is 360 g/mol. The molecule has 28 heavy (non-hydrogen) atoms. The van der Waals surface area contributed by atoms with E-state index in [0.717, 1.165) is 10.8 Å². The van der Waals surface area contributed by atoms with Gasteiger partial charge in [-0.3, -0.25) is 20.4 Å². The van der Waals surface area contributed by atoms with E-state index >= 15 is 0 Å². The highest BCUT2D eigenvalue weighted by Crippen LogP contribution is 2.24. The van der Waals surface area contributed by atoms with Crippen molar-refractivity contribution in [3.63, 3.8) is 0 Å². The van der Waals surface area contributed by atoms with E-state index in [9.17, 15) is 14.4 Å². The standard InChI is InChI=1S/C21H18N2O5/c24-19(22-23-21(26)16-8-2-1-3-9-16)13-28-20(25)14-27-18-12-6-10-15-7-4-5-11-17(15)18/h1-12H,13-14H2,(H,22,24)(H,23,26). The molecule has 3 aromatic carbocycles. The van der Waals surface area contributed by atoms with Crippen LogP contribution in [0.25, 0.3) is 10.8 Å². The third-order valence-corrected chi connectivity index (χ3v) is 3.81. The van der Waals surface area contributed by atoms with Crippen LogP contribution in [0.3, 0.4) is 0 Å². The van der Waals surface area contributed by atoms with Gasteiger partial charge in [0.05, 0.1) is 0 Å². The van der Waals surface area contributed by atoms with E-state index in [1.54, 1.807) is 36.4 Å². The maximum absolute atomic E-state index is 11.8. The van der Waals surface area contributed by atoms with Crippen LogP contribution in [0.15, 0.2) is 72.8 Å². The summed E-state index contributed by atoms with van der Waals surface area (Å²) in [6.45, 7) is -0.871. The summed E-state index contributed by atoms with van der Waals surface area (Å²) in [6, 6.07) is 21.5. The first-order valence-electron chi connectivity index (χ1n) is 8.54. The minimum Gasteiger partial charge on any atom is -0.481 e. The molecule has 142 valence electrons. The largest absolute Gasteiger partial charge is 0.481 e. The number of amides is 2. The molecule has 0 fully saturated rings. The molecule has 0 atom stereocenters. The lowest BCUT2D eigenvalue weighted by Crippen LogP contribution is -2.43. The molecule has 7 nitrogen and oxygen atoms in total. The molecule has 0 aliphatic heterocycles. The second kappa shape index (κ2) is 9.18. The summed E-state index contributed by atoms with van der Waals surface area (Å²) in [5.41, 5.74) is 4.81. The first-order valence-corrected chi connectivity index (χ1v) is 8.54. The van der Waals surface area contributed by atoms with Crippen molar-refractivity contribution in [2.75, 3.05) is 13.2 Å². The number of hydrazine groups is 1. The predicted octanol–water partition coefficient (Wildman–Crippen LogP) is 2.22. The highest BCUT2D eigenvalue weighted by molar-refractivity contribution is 5.95. The molecule has 3 rings (SSSR count). The van der Waals surface area contributed by atoms with Gasteiger partial charge < -0.3 is 9.47 Å². The lowest BCUT2D eigenvalue weighted by atomic mass is 10.1. The molecule has 0 aliphatic rings. The quantitative estimate of drug-likeness (QED) is 0.507. The third kappa shape index (κ3) is 5.07. The molecule has 2 N–H and O–H groups in total.